The molecule has 3 N–H and O–H groups in total. The quantitative estimate of drug-likeness (QED) is 0.815. The van der Waals surface area contributed by atoms with Crippen LogP contribution in [-0.4, -0.2) is 65.6 Å². The molecule has 2 fully saturated rings. The molecule has 3 heterocycles. The molecule has 8 heteroatoms. The normalized spacial score (nSPS) is 24.6. The van der Waals surface area contributed by atoms with Crippen LogP contribution in [0.25, 0.3) is 0 Å². The van der Waals surface area contributed by atoms with Gasteiger partial charge in [-0.25, -0.2) is 0 Å². The smallest absolute Gasteiger partial charge is 0.237 e. The Morgan fingerprint density at radius 3 is 2.56 bits per heavy atom. The average molecular weight is 389 g/mol. The third kappa shape index (κ3) is 4.09. The molecule has 0 aromatic heterocycles. The van der Waals surface area contributed by atoms with E-state index >= 15 is 0 Å². The summed E-state index contributed by atoms with van der Waals surface area (Å²) in [5.74, 6) is 1.68. The fourth-order valence-corrected chi connectivity index (χ4v) is 4.33. The molecule has 1 aromatic rings. The number of hydrogen-bond acceptors (Lipinski definition) is 6. The number of halogens is 1. The topological polar surface area (TPSA) is 86.3 Å². The SMILES string of the molecule is NC1=NN=C(N2CCC(N3CCNC(=O)C3Cc3ccc(Cl)cc3)CC2)C1. The summed E-state index contributed by atoms with van der Waals surface area (Å²) in [5, 5.41) is 11.9. The number of amides is 1. The second-order valence-corrected chi connectivity index (χ2v) is 7.81. The lowest BCUT2D eigenvalue weighted by Gasteiger charge is -2.44. The molecular weight excluding hydrogens is 364 g/mol. The number of nitrogens with one attached hydrogen (secondary N) is 1. The minimum absolute atomic E-state index is 0.125. The zero-order valence-corrected chi connectivity index (χ0v) is 16.0. The first-order valence-corrected chi connectivity index (χ1v) is 9.89. The Bertz CT molecular complexity index is 754. The summed E-state index contributed by atoms with van der Waals surface area (Å²) in [7, 11) is 0. The van der Waals surface area contributed by atoms with Gasteiger partial charge in [-0.1, -0.05) is 23.7 Å². The summed E-state index contributed by atoms with van der Waals surface area (Å²) in [5.41, 5.74) is 6.88. The van der Waals surface area contributed by atoms with Gasteiger partial charge in [0.1, 0.15) is 11.7 Å². The summed E-state index contributed by atoms with van der Waals surface area (Å²) in [6.07, 6.45) is 3.39. The van der Waals surface area contributed by atoms with E-state index in [1.54, 1.807) is 0 Å². The minimum Gasteiger partial charge on any atom is -0.385 e. The number of rotatable bonds is 3. The molecule has 3 aliphatic heterocycles. The van der Waals surface area contributed by atoms with Crippen LogP contribution in [0.4, 0.5) is 0 Å². The van der Waals surface area contributed by atoms with E-state index in [4.69, 9.17) is 17.3 Å². The van der Waals surface area contributed by atoms with Gasteiger partial charge in [-0.3, -0.25) is 9.69 Å². The van der Waals surface area contributed by atoms with E-state index in [0.29, 0.717) is 31.3 Å². The third-order valence-electron chi connectivity index (χ3n) is 5.65. The van der Waals surface area contributed by atoms with Crippen LogP contribution in [0.5, 0.6) is 0 Å². The highest BCUT2D eigenvalue weighted by Gasteiger charge is 2.36. The number of carbonyl (C=O) groups excluding carboxylic acids is 1. The maximum atomic E-state index is 12.6. The van der Waals surface area contributed by atoms with Crippen LogP contribution in [0, 0.1) is 0 Å². The molecular formula is C19H25ClN6O. The lowest BCUT2D eigenvalue weighted by atomic mass is 9.95. The Morgan fingerprint density at radius 1 is 1.15 bits per heavy atom. The first-order chi connectivity index (χ1) is 13.1. The molecule has 7 nitrogen and oxygen atoms in total. The zero-order valence-electron chi connectivity index (χ0n) is 15.3. The van der Waals surface area contributed by atoms with Crippen LogP contribution in [-0.2, 0) is 11.2 Å². The van der Waals surface area contributed by atoms with Crippen molar-refractivity contribution in [2.24, 2.45) is 15.9 Å². The maximum Gasteiger partial charge on any atom is 0.237 e. The van der Waals surface area contributed by atoms with Crippen molar-refractivity contribution >= 4 is 29.2 Å². The van der Waals surface area contributed by atoms with Gasteiger partial charge in [0.05, 0.1) is 12.5 Å². The van der Waals surface area contributed by atoms with Gasteiger partial charge in [-0.2, -0.15) is 0 Å². The molecule has 27 heavy (non-hydrogen) atoms. The lowest BCUT2D eigenvalue weighted by Crippen LogP contribution is -2.61. The van der Waals surface area contributed by atoms with E-state index in [9.17, 15) is 4.79 Å². The largest absolute Gasteiger partial charge is 0.385 e. The molecule has 0 spiro atoms. The maximum absolute atomic E-state index is 12.6. The average Bonchev–Trinajstić information content (AvgIpc) is 3.12. The number of piperidine rings is 1. The van der Waals surface area contributed by atoms with E-state index < -0.39 is 0 Å². The molecule has 1 atom stereocenters. The summed E-state index contributed by atoms with van der Waals surface area (Å²) >= 11 is 5.99. The highest BCUT2D eigenvalue weighted by Crippen LogP contribution is 2.24. The first-order valence-electron chi connectivity index (χ1n) is 9.52. The summed E-state index contributed by atoms with van der Waals surface area (Å²) in [6, 6.07) is 8.07. The monoisotopic (exact) mass is 388 g/mol. The van der Waals surface area contributed by atoms with Crippen molar-refractivity contribution in [2.45, 2.75) is 37.8 Å². The van der Waals surface area contributed by atoms with Crippen molar-refractivity contribution in [3.63, 3.8) is 0 Å². The number of likely N-dealkylation sites (tertiary alicyclic amines) is 1. The Hall–Kier alpha value is -2.12. The van der Waals surface area contributed by atoms with Crippen LogP contribution in [0.1, 0.15) is 24.8 Å². The van der Waals surface area contributed by atoms with Crippen molar-refractivity contribution in [3.05, 3.63) is 34.9 Å². The Labute approximate surface area is 164 Å². The van der Waals surface area contributed by atoms with Gasteiger partial charge in [-0.05, 0) is 37.0 Å². The molecule has 1 amide bonds. The van der Waals surface area contributed by atoms with Gasteiger partial charge in [0.2, 0.25) is 5.91 Å². The summed E-state index contributed by atoms with van der Waals surface area (Å²) in [4.78, 5) is 17.3. The highest BCUT2D eigenvalue weighted by molar-refractivity contribution is 6.30. The van der Waals surface area contributed by atoms with Crippen molar-refractivity contribution in [1.82, 2.24) is 15.1 Å². The molecule has 1 unspecified atom stereocenters. The second kappa shape index (κ2) is 7.86. The van der Waals surface area contributed by atoms with Gasteiger partial charge in [0.15, 0.2) is 0 Å². The van der Waals surface area contributed by atoms with Crippen LogP contribution >= 0.6 is 11.6 Å². The minimum atomic E-state index is -0.126. The molecule has 4 rings (SSSR count). The molecule has 0 saturated carbocycles. The van der Waals surface area contributed by atoms with Crippen molar-refractivity contribution < 1.29 is 4.79 Å². The van der Waals surface area contributed by atoms with Gasteiger partial charge < -0.3 is 16.0 Å². The number of piperazine rings is 1. The number of hydrogen-bond donors (Lipinski definition) is 2. The van der Waals surface area contributed by atoms with Gasteiger partial charge in [0, 0.05) is 37.2 Å². The number of amidine groups is 2. The fraction of sp³-hybridized carbons (Fsp3) is 0.526. The van der Waals surface area contributed by atoms with E-state index in [-0.39, 0.29) is 11.9 Å². The molecule has 0 aliphatic carbocycles. The van der Waals surface area contributed by atoms with Crippen molar-refractivity contribution in [1.29, 1.82) is 0 Å². The van der Waals surface area contributed by atoms with Crippen LogP contribution in [0.2, 0.25) is 5.02 Å². The van der Waals surface area contributed by atoms with Gasteiger partial charge >= 0.3 is 0 Å². The molecule has 144 valence electrons. The zero-order chi connectivity index (χ0) is 18.8. The third-order valence-corrected chi connectivity index (χ3v) is 5.90. The standard InChI is InChI=1S/C19H25ClN6O/c20-14-3-1-13(2-4-14)11-16-19(27)22-7-10-26(16)15-5-8-25(9-6-15)18-12-17(21)23-24-18/h1-4,15-16H,5-12H2,(H2,21,23)(H,22,27). The first kappa shape index (κ1) is 18.3. The fourth-order valence-electron chi connectivity index (χ4n) is 4.21. The van der Waals surface area contributed by atoms with Crippen LogP contribution in [0.3, 0.4) is 0 Å². The van der Waals surface area contributed by atoms with Crippen LogP contribution in [0.15, 0.2) is 34.5 Å². The lowest BCUT2D eigenvalue weighted by molar-refractivity contribution is -0.130. The number of benzene rings is 1. The Morgan fingerprint density at radius 2 is 1.89 bits per heavy atom. The molecule has 3 aliphatic rings. The number of carbonyl (C=O) groups is 1. The number of nitrogens with zero attached hydrogens (tertiary/aromatic N) is 4. The molecule has 2 saturated heterocycles. The van der Waals surface area contributed by atoms with E-state index in [2.05, 4.69) is 25.3 Å². The second-order valence-electron chi connectivity index (χ2n) is 7.38. The van der Waals surface area contributed by atoms with Crippen LogP contribution < -0.4 is 11.1 Å². The number of nitrogens with two attached hydrogens (primary N) is 1. The molecule has 1 aromatic carbocycles. The van der Waals surface area contributed by atoms with Crippen molar-refractivity contribution in [3.8, 4) is 0 Å². The predicted octanol–water partition coefficient (Wildman–Crippen LogP) is 1.22. The summed E-state index contributed by atoms with van der Waals surface area (Å²) in [6.45, 7) is 3.47. The van der Waals surface area contributed by atoms with Gasteiger partial charge in [-0.15, -0.1) is 10.2 Å². The Kier molecular flexibility index (Phi) is 5.31. The molecule has 0 radical (unpaired) electrons. The van der Waals surface area contributed by atoms with Gasteiger partial charge in [0.25, 0.3) is 0 Å². The van der Waals surface area contributed by atoms with E-state index in [1.165, 1.54) is 0 Å². The van der Waals surface area contributed by atoms with E-state index in [0.717, 1.165) is 48.9 Å². The Balaban J connectivity index is 1.40. The predicted molar refractivity (Wildman–Crippen MR) is 107 cm³/mol. The van der Waals surface area contributed by atoms with Crippen molar-refractivity contribution in [2.75, 3.05) is 26.2 Å². The molecule has 0 bridgehead atoms. The van der Waals surface area contributed by atoms with E-state index in [1.807, 2.05) is 24.3 Å². The summed E-state index contributed by atoms with van der Waals surface area (Å²) < 4.78 is 0. The highest BCUT2D eigenvalue weighted by atomic mass is 35.5.